The number of aromatic amines is 1. The molecule has 26 heavy (non-hydrogen) atoms. The van der Waals surface area contributed by atoms with E-state index in [-0.39, 0.29) is 30.1 Å². The van der Waals surface area contributed by atoms with Crippen LogP contribution in [0.2, 0.25) is 0 Å². The number of hydrogen-bond donors (Lipinski definition) is 2. The lowest BCUT2D eigenvalue weighted by molar-refractivity contribution is -0.146. The van der Waals surface area contributed by atoms with Crippen molar-refractivity contribution in [3.63, 3.8) is 0 Å². The van der Waals surface area contributed by atoms with Crippen LogP contribution in [0.25, 0.3) is 0 Å². The van der Waals surface area contributed by atoms with Gasteiger partial charge in [-0.1, -0.05) is 31.2 Å². The molecule has 0 saturated carbocycles. The third-order valence-corrected chi connectivity index (χ3v) is 4.14. The Morgan fingerprint density at radius 1 is 1.27 bits per heavy atom. The van der Waals surface area contributed by atoms with E-state index in [4.69, 9.17) is 10.5 Å². The first kappa shape index (κ1) is 19.4. The molecular formula is C19H23N3O4. The Morgan fingerprint density at radius 2 is 1.92 bits per heavy atom. The summed E-state index contributed by atoms with van der Waals surface area (Å²) in [7, 11) is 0. The lowest BCUT2D eigenvalue weighted by atomic mass is 10.0. The molecule has 2 rings (SSSR count). The number of nitrogen functional groups attached to an aromatic ring is 1. The molecule has 1 atom stereocenters. The highest BCUT2D eigenvalue weighted by molar-refractivity contribution is 6.00. The van der Waals surface area contributed by atoms with Crippen LogP contribution in [0.3, 0.4) is 0 Å². The number of aryl methyl sites for hydroxylation is 2. The number of ether oxygens (including phenoxy) is 1. The number of H-pyrrole nitrogens is 1. The molecule has 1 heterocycles. The largest absolute Gasteiger partial charge is 0.454 e. The summed E-state index contributed by atoms with van der Waals surface area (Å²) in [5, 5.41) is 0. The molecule has 0 bridgehead atoms. The monoisotopic (exact) mass is 357 g/mol. The number of benzene rings is 1. The summed E-state index contributed by atoms with van der Waals surface area (Å²) in [6.45, 7) is 5.22. The first-order valence-corrected chi connectivity index (χ1v) is 8.49. The zero-order valence-electron chi connectivity index (χ0n) is 15.2. The molecular weight excluding hydrogens is 334 g/mol. The fourth-order valence-corrected chi connectivity index (χ4v) is 2.60. The van der Waals surface area contributed by atoms with Crippen LogP contribution < -0.4 is 11.3 Å². The van der Waals surface area contributed by atoms with Crippen molar-refractivity contribution in [2.75, 3.05) is 5.73 Å². The van der Waals surface area contributed by atoms with Crippen molar-refractivity contribution in [2.45, 2.75) is 46.1 Å². The number of esters is 1. The summed E-state index contributed by atoms with van der Waals surface area (Å²) in [6, 6.07) is 7.22. The molecule has 7 heteroatoms. The molecule has 7 nitrogen and oxygen atoms in total. The van der Waals surface area contributed by atoms with E-state index in [1.807, 2.05) is 19.1 Å². The molecule has 0 radical (unpaired) electrons. The molecule has 1 aromatic heterocycles. The Balaban J connectivity index is 1.94. The predicted molar refractivity (Wildman–Crippen MR) is 98.0 cm³/mol. The van der Waals surface area contributed by atoms with Crippen molar-refractivity contribution >= 4 is 17.7 Å². The van der Waals surface area contributed by atoms with Crippen LogP contribution in [0.4, 0.5) is 5.95 Å². The van der Waals surface area contributed by atoms with Gasteiger partial charge in [0.05, 0.1) is 0 Å². The molecule has 0 aliphatic carbocycles. The van der Waals surface area contributed by atoms with Crippen LogP contribution in [0.1, 0.15) is 47.4 Å². The minimum atomic E-state index is -0.890. The number of nitrogens with one attached hydrogen (secondary N) is 1. The van der Waals surface area contributed by atoms with E-state index in [1.54, 1.807) is 19.1 Å². The van der Waals surface area contributed by atoms with E-state index >= 15 is 0 Å². The molecule has 3 N–H and O–H groups in total. The van der Waals surface area contributed by atoms with E-state index in [2.05, 4.69) is 9.97 Å². The van der Waals surface area contributed by atoms with Crippen LogP contribution in [-0.4, -0.2) is 27.8 Å². The number of aromatic nitrogens is 2. The standard InChI is InChI=1S/C19H23N3O4/c1-4-13-5-7-14(8-6-13)17(24)12(3)26-16(23)10-9-15-11(2)21-19(20)22-18(15)25/h5-8,12H,4,9-10H2,1-3H3,(H3,20,21,22,25)/t12-/m1/s1. The average molecular weight is 357 g/mol. The van der Waals surface area contributed by atoms with Crippen LogP contribution in [0.5, 0.6) is 0 Å². The van der Waals surface area contributed by atoms with Gasteiger partial charge in [0.15, 0.2) is 6.10 Å². The smallest absolute Gasteiger partial charge is 0.306 e. The number of ketones is 1. The molecule has 0 spiro atoms. The van der Waals surface area contributed by atoms with Gasteiger partial charge in [0.25, 0.3) is 5.56 Å². The summed E-state index contributed by atoms with van der Waals surface area (Å²) in [6.07, 6.45) is 0.137. The first-order valence-electron chi connectivity index (χ1n) is 8.49. The molecule has 0 unspecified atom stereocenters. The van der Waals surface area contributed by atoms with Gasteiger partial charge in [-0.3, -0.25) is 19.4 Å². The molecule has 0 aliphatic heterocycles. The summed E-state index contributed by atoms with van der Waals surface area (Å²) in [4.78, 5) is 42.6. The van der Waals surface area contributed by atoms with Gasteiger partial charge in [0.1, 0.15) is 0 Å². The van der Waals surface area contributed by atoms with Gasteiger partial charge >= 0.3 is 5.97 Å². The quantitative estimate of drug-likeness (QED) is 0.578. The molecule has 2 aromatic rings. The molecule has 0 fully saturated rings. The second kappa shape index (κ2) is 8.42. The summed E-state index contributed by atoms with van der Waals surface area (Å²) in [5.41, 5.74) is 7.57. The molecule has 1 aromatic carbocycles. The lowest BCUT2D eigenvalue weighted by Gasteiger charge is -2.13. The van der Waals surface area contributed by atoms with Crippen LogP contribution >= 0.6 is 0 Å². The zero-order chi connectivity index (χ0) is 19.3. The molecule has 0 aliphatic rings. The number of nitrogens with zero attached hydrogens (tertiary/aromatic N) is 1. The van der Waals surface area contributed by atoms with E-state index in [9.17, 15) is 14.4 Å². The number of hydrogen-bond acceptors (Lipinski definition) is 6. The lowest BCUT2D eigenvalue weighted by Crippen LogP contribution is -2.25. The van der Waals surface area contributed by atoms with Crippen molar-refractivity contribution in [1.29, 1.82) is 0 Å². The average Bonchev–Trinajstić information content (AvgIpc) is 2.60. The van der Waals surface area contributed by atoms with Gasteiger partial charge in [0, 0.05) is 23.2 Å². The maximum absolute atomic E-state index is 12.3. The number of nitrogens with two attached hydrogens (primary N) is 1. The molecule has 0 saturated heterocycles. The highest BCUT2D eigenvalue weighted by Crippen LogP contribution is 2.11. The zero-order valence-corrected chi connectivity index (χ0v) is 15.2. The summed E-state index contributed by atoms with van der Waals surface area (Å²) >= 11 is 0. The van der Waals surface area contributed by atoms with Crippen LogP contribution in [0.15, 0.2) is 29.1 Å². The van der Waals surface area contributed by atoms with Crippen molar-refractivity contribution in [3.8, 4) is 0 Å². The first-order chi connectivity index (χ1) is 12.3. The number of carbonyl (C=O) groups is 2. The summed E-state index contributed by atoms with van der Waals surface area (Å²) < 4.78 is 5.20. The van der Waals surface area contributed by atoms with Gasteiger partial charge in [0.2, 0.25) is 11.7 Å². The highest BCUT2D eigenvalue weighted by Gasteiger charge is 2.20. The van der Waals surface area contributed by atoms with E-state index in [1.165, 1.54) is 6.92 Å². The topological polar surface area (TPSA) is 115 Å². The van der Waals surface area contributed by atoms with Crippen molar-refractivity contribution < 1.29 is 14.3 Å². The highest BCUT2D eigenvalue weighted by atomic mass is 16.5. The van der Waals surface area contributed by atoms with Crippen molar-refractivity contribution in [1.82, 2.24) is 9.97 Å². The second-order valence-corrected chi connectivity index (χ2v) is 6.06. The SMILES string of the molecule is CCc1ccc(C(=O)[C@@H](C)OC(=O)CCc2c(C)nc(N)[nH]c2=O)cc1. The van der Waals surface area contributed by atoms with E-state index in [0.717, 1.165) is 12.0 Å². The van der Waals surface area contributed by atoms with Gasteiger partial charge < -0.3 is 10.5 Å². The molecule has 138 valence electrons. The van der Waals surface area contributed by atoms with Crippen LogP contribution in [0, 0.1) is 6.92 Å². The van der Waals surface area contributed by atoms with E-state index < -0.39 is 12.1 Å². The third kappa shape index (κ3) is 4.78. The van der Waals surface area contributed by atoms with Crippen LogP contribution in [-0.2, 0) is 22.4 Å². The van der Waals surface area contributed by atoms with Crippen molar-refractivity contribution in [2.24, 2.45) is 0 Å². The van der Waals surface area contributed by atoms with Gasteiger partial charge in [-0.2, -0.15) is 0 Å². The molecule has 0 amide bonds. The second-order valence-electron chi connectivity index (χ2n) is 6.06. The summed E-state index contributed by atoms with van der Waals surface area (Å²) in [5.74, 6) is -0.775. The Kier molecular flexibility index (Phi) is 6.27. The maximum Gasteiger partial charge on any atom is 0.306 e. The predicted octanol–water partition coefficient (Wildman–Crippen LogP) is 1.97. The Labute approximate surface area is 151 Å². The van der Waals surface area contributed by atoms with Gasteiger partial charge in [-0.25, -0.2) is 4.98 Å². The number of anilines is 1. The third-order valence-electron chi connectivity index (χ3n) is 4.14. The van der Waals surface area contributed by atoms with E-state index in [0.29, 0.717) is 16.8 Å². The van der Waals surface area contributed by atoms with Gasteiger partial charge in [-0.15, -0.1) is 0 Å². The number of carbonyl (C=O) groups excluding carboxylic acids is 2. The van der Waals surface area contributed by atoms with Crippen molar-refractivity contribution in [3.05, 3.63) is 57.0 Å². The number of Topliss-reactive ketones (excluding diaryl/α,β-unsaturated/α-hetero) is 1. The fraction of sp³-hybridized carbons (Fsp3) is 0.368. The Morgan fingerprint density at radius 3 is 2.50 bits per heavy atom. The Hall–Kier alpha value is -2.96. The minimum absolute atomic E-state index is 0.0259. The maximum atomic E-state index is 12.3. The minimum Gasteiger partial charge on any atom is -0.454 e. The normalized spacial score (nSPS) is 11.8. The van der Waals surface area contributed by atoms with Gasteiger partial charge in [-0.05, 0) is 32.3 Å². The Bertz CT molecular complexity index is 856. The number of rotatable bonds is 7. The fourth-order valence-electron chi connectivity index (χ4n) is 2.60.